The van der Waals surface area contributed by atoms with Gasteiger partial charge >= 0.3 is 35.8 Å². The molecule has 0 aliphatic carbocycles. The van der Waals surface area contributed by atoms with Gasteiger partial charge < -0.3 is 168 Å². The third-order valence-electron chi connectivity index (χ3n) is 17.7. The molecule has 21 aliphatic heterocycles. The molecule has 0 radical (unpaired) electrons. The number of thioether (sulfide) groups is 1. The second kappa shape index (κ2) is 32.3. The largest absolute Gasteiger partial charge is 0.460 e. The number of alkyl halides is 13. The van der Waals surface area contributed by atoms with E-state index in [2.05, 4.69) is 0 Å². The van der Waals surface area contributed by atoms with Gasteiger partial charge in [-0.25, -0.2) is 0 Å². The lowest BCUT2D eigenvalue weighted by Crippen LogP contribution is -2.70. The number of hydrogen-bond donors (Lipinski definition) is 20. The zero-order valence-corrected chi connectivity index (χ0v) is 51.1. The topological polar surface area (TPSA) is 534 Å². The molecule has 48 heteroatoms. The fourth-order valence-corrected chi connectivity index (χ4v) is 13.0. The summed E-state index contributed by atoms with van der Waals surface area (Å²) in [6.45, 7) is -7.32. The summed E-state index contributed by atoms with van der Waals surface area (Å²) in [4.78, 5) is 0. The highest BCUT2D eigenvalue weighted by Gasteiger charge is 2.90. The lowest BCUT2D eigenvalue weighted by molar-refractivity contribution is -0.440. The summed E-state index contributed by atoms with van der Waals surface area (Å²) in [7, 11) is 0. The van der Waals surface area contributed by atoms with Crippen molar-refractivity contribution < 1.29 is 226 Å². The molecular formula is C51H75F13O34S. The van der Waals surface area contributed by atoms with E-state index in [0.29, 0.717) is 0 Å². The van der Waals surface area contributed by atoms with Crippen molar-refractivity contribution in [2.75, 3.05) is 51.1 Å². The maximum absolute atomic E-state index is 14.8. The Bertz CT molecular complexity index is 2550. The lowest BCUT2D eigenvalue weighted by Gasteiger charge is -2.50. The summed E-state index contributed by atoms with van der Waals surface area (Å²) in [5.74, 6) is -40.6. The summed E-state index contributed by atoms with van der Waals surface area (Å²) < 4.78 is 260. The molecule has 0 aromatic carbocycles. The molecule has 34 nitrogen and oxygen atoms in total. The third-order valence-corrected chi connectivity index (χ3v) is 18.8. The zero-order valence-electron chi connectivity index (χ0n) is 50.3. The van der Waals surface area contributed by atoms with Crippen molar-refractivity contribution in [1.82, 2.24) is 0 Å². The first-order chi connectivity index (χ1) is 46.1. The van der Waals surface area contributed by atoms with Gasteiger partial charge in [0.1, 0.15) is 165 Å². The minimum absolute atomic E-state index is 0.164. The number of aliphatic hydroxyl groups excluding tert-OH is 20. The van der Waals surface area contributed by atoms with Crippen molar-refractivity contribution in [3.05, 3.63) is 0 Å². The predicted molar refractivity (Wildman–Crippen MR) is 279 cm³/mol. The first kappa shape index (κ1) is 82.7. The Balaban J connectivity index is 1.08. The molecular weight excluding hydrogens is 1440 g/mol. The normalized spacial score (nSPS) is 46.8. The maximum Gasteiger partial charge on any atom is 0.460 e. The van der Waals surface area contributed by atoms with Crippen LogP contribution in [0.1, 0.15) is 12.8 Å². The first-order valence-electron chi connectivity index (χ1n) is 29.9. The molecule has 99 heavy (non-hydrogen) atoms. The van der Waals surface area contributed by atoms with E-state index >= 15 is 0 Å². The summed E-state index contributed by atoms with van der Waals surface area (Å²) >= 11 is 0.164. The van der Waals surface area contributed by atoms with Crippen LogP contribution in [0.4, 0.5) is 57.1 Å². The van der Waals surface area contributed by atoms with Gasteiger partial charge in [0.2, 0.25) is 0 Å². The second-order valence-corrected chi connectivity index (χ2v) is 25.3. The molecule has 14 bridgehead atoms. The van der Waals surface area contributed by atoms with Crippen LogP contribution in [0.2, 0.25) is 0 Å². The molecule has 35 atom stereocenters. The molecule has 21 fully saturated rings. The van der Waals surface area contributed by atoms with E-state index < -0.39 is 315 Å². The number of halogens is 13. The van der Waals surface area contributed by atoms with Crippen LogP contribution in [-0.4, -0.2) is 404 Å². The van der Waals surface area contributed by atoms with E-state index in [-0.39, 0.29) is 11.8 Å². The van der Waals surface area contributed by atoms with E-state index in [4.69, 9.17) is 66.3 Å². The lowest BCUT2D eigenvalue weighted by atomic mass is 9.92. The number of rotatable bonds is 16. The average molecular weight is 1510 g/mol. The summed E-state index contributed by atoms with van der Waals surface area (Å²) in [5.41, 5.74) is 0. The van der Waals surface area contributed by atoms with Crippen molar-refractivity contribution in [2.24, 2.45) is 0 Å². The minimum atomic E-state index is -8.20. The van der Waals surface area contributed by atoms with Gasteiger partial charge in [0, 0.05) is 12.2 Å². The van der Waals surface area contributed by atoms with Crippen LogP contribution in [0.15, 0.2) is 0 Å². The highest BCUT2D eigenvalue weighted by Crippen LogP contribution is 2.61. The monoisotopic (exact) mass is 1510 g/mol. The number of aliphatic hydroxyl groups is 20. The average Bonchev–Trinajstić information content (AvgIpc) is 0.712. The second-order valence-electron chi connectivity index (χ2n) is 24.1. The summed E-state index contributed by atoms with van der Waals surface area (Å²) in [5, 5.41) is 222. The Morgan fingerprint density at radius 3 is 0.636 bits per heavy atom. The van der Waals surface area contributed by atoms with Gasteiger partial charge in [0.25, 0.3) is 0 Å². The van der Waals surface area contributed by atoms with Gasteiger partial charge in [-0.05, 0) is 12.2 Å². The van der Waals surface area contributed by atoms with E-state index in [1.165, 1.54) is 0 Å². The first-order valence-corrected chi connectivity index (χ1v) is 31.1. The van der Waals surface area contributed by atoms with Gasteiger partial charge in [-0.1, -0.05) is 0 Å². The third kappa shape index (κ3) is 15.8. The van der Waals surface area contributed by atoms with Crippen LogP contribution in [0.3, 0.4) is 0 Å². The molecule has 0 aromatic heterocycles. The molecule has 0 amide bonds. The molecule has 580 valence electrons. The smallest absolute Gasteiger partial charge is 0.394 e. The van der Waals surface area contributed by atoms with Gasteiger partial charge in [0.05, 0.1) is 45.7 Å². The van der Waals surface area contributed by atoms with Crippen LogP contribution in [0.5, 0.6) is 0 Å². The number of hydrogen-bond acceptors (Lipinski definition) is 35. The van der Waals surface area contributed by atoms with Crippen LogP contribution >= 0.6 is 11.8 Å². The Morgan fingerprint density at radius 1 is 0.242 bits per heavy atom. The van der Waals surface area contributed by atoms with E-state index in [1.807, 2.05) is 0 Å². The Hall–Kier alpha value is -1.92. The van der Waals surface area contributed by atoms with E-state index in [1.54, 1.807) is 0 Å². The standard InChI is InChI=1S/C51H75F13O34S/c52-46(53,47(54,55)48(56,57)49(58,59)50(60,61)51(62,63)64)2-1-3-99-10-17-38-24(77)31(84)45(91-17)97-37-16(9-70)89-43(29(82)22(37)75)95-35-14(7-68)87-41(27(80)20(35)73)93-33-12(5-66)85-39(25(78)18(33)71)92-32-11(4-65)86-40(26(79)19(32)72)94-34-13(6-67)88-42(28(81)21(34)74)96-36-15(8-69)90-44(98-38)30(83)23(36)76/h11-45,65-84H,1-10H2/t11-,12-,13-,14-,15-,16-,17-,18-,19-,20-,21-,22-,23-,24-,25-,26-,27-,28-,29-,30-,31-,32-,33-,34-,35-,36-,37-,38-,39-,40-,41-,42-,43-,44-,45+/m1/s1. The highest BCUT2D eigenvalue weighted by molar-refractivity contribution is 7.99. The van der Waals surface area contributed by atoms with Crippen molar-refractivity contribution in [3.63, 3.8) is 0 Å². The van der Waals surface area contributed by atoms with Crippen LogP contribution in [0.25, 0.3) is 0 Å². The minimum Gasteiger partial charge on any atom is -0.394 e. The Kier molecular flexibility index (Phi) is 27.0. The molecule has 21 aliphatic rings. The van der Waals surface area contributed by atoms with Crippen molar-refractivity contribution in [1.29, 1.82) is 0 Å². The van der Waals surface area contributed by atoms with E-state index in [0.717, 1.165) is 0 Å². The predicted octanol–water partition coefficient (Wildman–Crippen LogP) is -8.97. The summed E-state index contributed by atoms with van der Waals surface area (Å²) in [6, 6.07) is 0. The SMILES string of the molecule is OC[C@H]1O[C@@H]2O[C@H]3[C@H](O)[C@@H](O)[C@@H](O[C@H]4[C@H](O)[C@@H](O)[C@@H](O[C@H]5[C@H](O)[C@@H](O)[C@@H](O[C@H]6[C@H](O)[C@@H](O)[C@@H](O[C@H]7[C@H](O)[C@@H](O)[C@@H](O[C@H]8[C@H](O)[C@@H](O)[C@H](O[C@H]1[C@H](O)[C@H]2O)O[C@@H]8CSCCCC(F)(F)C(F)(F)C(F)(F)C(F)(F)C(F)(F)C(F)(F)F)O[C@@H]7CO)O[C@@H]6CO)O[C@@H]5CO)O[C@@H]4CO)O[C@@H]3CO. The summed E-state index contributed by atoms with van der Waals surface area (Å²) in [6.07, 6.45) is -90.3. The molecule has 0 aromatic rings. The molecule has 0 unspecified atom stereocenters. The van der Waals surface area contributed by atoms with Crippen molar-refractivity contribution in [2.45, 2.75) is 264 Å². The van der Waals surface area contributed by atoms with Crippen molar-refractivity contribution >= 4 is 11.8 Å². The molecule has 0 spiro atoms. The quantitative estimate of drug-likeness (QED) is 0.0504. The van der Waals surface area contributed by atoms with E-state index in [9.17, 15) is 159 Å². The molecule has 21 heterocycles. The van der Waals surface area contributed by atoms with Gasteiger partial charge in [-0.3, -0.25) is 0 Å². The zero-order chi connectivity index (χ0) is 73.9. The van der Waals surface area contributed by atoms with Gasteiger partial charge in [-0.15, -0.1) is 0 Å². The highest BCUT2D eigenvalue weighted by atomic mass is 32.2. The Labute approximate surface area is 551 Å². The molecule has 21 saturated heterocycles. The maximum atomic E-state index is 14.8. The fraction of sp³-hybridized carbons (Fsp3) is 1.00. The fourth-order valence-electron chi connectivity index (χ4n) is 12.0. The van der Waals surface area contributed by atoms with Crippen LogP contribution in [0, 0.1) is 0 Å². The molecule has 20 N–H and O–H groups in total. The molecule has 21 rings (SSSR count). The molecule has 0 saturated carbocycles. The van der Waals surface area contributed by atoms with Gasteiger partial charge in [-0.2, -0.15) is 68.8 Å². The van der Waals surface area contributed by atoms with Crippen molar-refractivity contribution in [3.8, 4) is 0 Å². The number of ether oxygens (including phenoxy) is 14. The van der Waals surface area contributed by atoms with Gasteiger partial charge in [0.15, 0.2) is 44.0 Å². The Morgan fingerprint density at radius 2 is 0.434 bits per heavy atom. The van der Waals surface area contributed by atoms with Crippen LogP contribution < -0.4 is 0 Å². The van der Waals surface area contributed by atoms with Crippen LogP contribution in [-0.2, 0) is 66.3 Å².